The lowest BCUT2D eigenvalue weighted by atomic mass is 10.2. The predicted octanol–water partition coefficient (Wildman–Crippen LogP) is 1.78. The zero-order valence-electron chi connectivity index (χ0n) is 11.5. The lowest BCUT2D eigenvalue weighted by Gasteiger charge is -2.14. The van der Waals surface area contributed by atoms with Gasteiger partial charge in [-0.05, 0) is 31.4 Å². The molecule has 0 aliphatic carbocycles. The standard InChI is InChI=1S/C14H22N2O2S/c1-3-18-13-7-5-4-6-11(13)10-16-14(17)12(15)8-9-19-2/h4-7,12H,3,8-10,15H2,1-2H3,(H,16,17)/t12-/m0/s1. The number of amides is 1. The van der Waals surface area contributed by atoms with E-state index in [1.807, 2.05) is 37.4 Å². The third kappa shape index (κ3) is 5.53. The predicted molar refractivity (Wildman–Crippen MR) is 80.4 cm³/mol. The summed E-state index contributed by atoms with van der Waals surface area (Å²) < 4.78 is 5.51. The van der Waals surface area contributed by atoms with Crippen LogP contribution in [0.3, 0.4) is 0 Å². The van der Waals surface area contributed by atoms with Crippen molar-refractivity contribution in [1.82, 2.24) is 5.32 Å². The van der Waals surface area contributed by atoms with Crippen molar-refractivity contribution in [2.75, 3.05) is 18.6 Å². The minimum absolute atomic E-state index is 0.111. The summed E-state index contributed by atoms with van der Waals surface area (Å²) in [6, 6.07) is 7.25. The molecular weight excluding hydrogens is 260 g/mol. The minimum atomic E-state index is -0.438. The van der Waals surface area contributed by atoms with Gasteiger partial charge in [0.2, 0.25) is 5.91 Å². The van der Waals surface area contributed by atoms with E-state index in [9.17, 15) is 4.79 Å². The van der Waals surface area contributed by atoms with Crippen molar-refractivity contribution in [3.63, 3.8) is 0 Å². The van der Waals surface area contributed by atoms with E-state index in [1.165, 1.54) is 0 Å². The fraction of sp³-hybridized carbons (Fsp3) is 0.500. The first-order valence-electron chi connectivity index (χ1n) is 6.42. The molecular formula is C14H22N2O2S. The Hall–Kier alpha value is -1.20. The summed E-state index contributed by atoms with van der Waals surface area (Å²) in [6.45, 7) is 2.99. The second-order valence-electron chi connectivity index (χ2n) is 4.15. The van der Waals surface area contributed by atoms with Crippen molar-refractivity contribution in [3.05, 3.63) is 29.8 Å². The highest BCUT2D eigenvalue weighted by Crippen LogP contribution is 2.17. The molecule has 0 fully saturated rings. The Kier molecular flexibility index (Phi) is 7.36. The summed E-state index contributed by atoms with van der Waals surface area (Å²) >= 11 is 1.69. The van der Waals surface area contributed by atoms with Gasteiger partial charge in [0.15, 0.2) is 0 Å². The third-order valence-electron chi connectivity index (χ3n) is 2.70. The molecule has 1 aromatic carbocycles. The minimum Gasteiger partial charge on any atom is -0.494 e. The summed E-state index contributed by atoms with van der Waals surface area (Å²) in [5.74, 6) is 1.59. The van der Waals surface area contributed by atoms with Crippen LogP contribution in [0.25, 0.3) is 0 Å². The molecule has 19 heavy (non-hydrogen) atoms. The van der Waals surface area contributed by atoms with Crippen LogP contribution in [0, 0.1) is 0 Å². The molecule has 3 N–H and O–H groups in total. The van der Waals surface area contributed by atoms with E-state index in [2.05, 4.69) is 5.32 Å². The number of nitrogens with two attached hydrogens (primary N) is 1. The van der Waals surface area contributed by atoms with Crippen LogP contribution in [0.4, 0.5) is 0 Å². The number of thioether (sulfide) groups is 1. The summed E-state index contributed by atoms with van der Waals surface area (Å²) in [4.78, 5) is 11.8. The molecule has 0 unspecified atom stereocenters. The number of hydrogen-bond acceptors (Lipinski definition) is 4. The molecule has 0 heterocycles. The Balaban J connectivity index is 2.49. The highest BCUT2D eigenvalue weighted by Gasteiger charge is 2.13. The van der Waals surface area contributed by atoms with Gasteiger partial charge in [0.1, 0.15) is 5.75 Å². The second kappa shape index (κ2) is 8.82. The van der Waals surface area contributed by atoms with E-state index in [1.54, 1.807) is 11.8 Å². The number of carbonyl (C=O) groups excluding carboxylic acids is 1. The van der Waals surface area contributed by atoms with Gasteiger partial charge < -0.3 is 15.8 Å². The Morgan fingerprint density at radius 1 is 1.47 bits per heavy atom. The molecule has 1 amide bonds. The second-order valence-corrected chi connectivity index (χ2v) is 5.13. The van der Waals surface area contributed by atoms with E-state index in [0.717, 1.165) is 17.1 Å². The fourth-order valence-corrected chi connectivity index (χ4v) is 2.13. The number of rotatable bonds is 8. The van der Waals surface area contributed by atoms with Crippen LogP contribution in [0.5, 0.6) is 5.75 Å². The summed E-state index contributed by atoms with van der Waals surface area (Å²) in [5.41, 5.74) is 6.77. The van der Waals surface area contributed by atoms with Crippen LogP contribution >= 0.6 is 11.8 Å². The van der Waals surface area contributed by atoms with E-state index in [4.69, 9.17) is 10.5 Å². The monoisotopic (exact) mass is 282 g/mol. The van der Waals surface area contributed by atoms with E-state index < -0.39 is 6.04 Å². The molecule has 0 bridgehead atoms. The lowest BCUT2D eigenvalue weighted by molar-refractivity contribution is -0.122. The maximum atomic E-state index is 11.8. The SMILES string of the molecule is CCOc1ccccc1CNC(=O)[C@@H](N)CCSC. The number of ether oxygens (including phenoxy) is 1. The van der Waals surface area contributed by atoms with Gasteiger partial charge in [0.05, 0.1) is 12.6 Å². The van der Waals surface area contributed by atoms with Gasteiger partial charge in [0.25, 0.3) is 0 Å². The topological polar surface area (TPSA) is 64.3 Å². The maximum Gasteiger partial charge on any atom is 0.237 e. The largest absolute Gasteiger partial charge is 0.494 e. The number of hydrogen-bond donors (Lipinski definition) is 2. The smallest absolute Gasteiger partial charge is 0.237 e. The van der Waals surface area contributed by atoms with Crippen LogP contribution in [0.1, 0.15) is 18.9 Å². The molecule has 0 saturated heterocycles. The first-order chi connectivity index (χ1) is 9.19. The molecule has 1 rings (SSSR count). The van der Waals surface area contributed by atoms with Crippen molar-refractivity contribution in [3.8, 4) is 5.75 Å². The van der Waals surface area contributed by atoms with Gasteiger partial charge in [-0.1, -0.05) is 18.2 Å². The van der Waals surface area contributed by atoms with Crippen molar-refractivity contribution in [1.29, 1.82) is 0 Å². The van der Waals surface area contributed by atoms with Gasteiger partial charge in [-0.25, -0.2) is 0 Å². The number of nitrogens with one attached hydrogen (secondary N) is 1. The third-order valence-corrected chi connectivity index (χ3v) is 3.34. The van der Waals surface area contributed by atoms with E-state index >= 15 is 0 Å². The molecule has 1 atom stereocenters. The average molecular weight is 282 g/mol. The number of para-hydroxylation sites is 1. The summed E-state index contributed by atoms with van der Waals surface area (Å²) in [6.07, 6.45) is 2.70. The Bertz CT molecular complexity index is 399. The molecule has 4 nitrogen and oxygen atoms in total. The van der Waals surface area contributed by atoms with Crippen molar-refractivity contribution in [2.24, 2.45) is 5.73 Å². The van der Waals surface area contributed by atoms with Crippen molar-refractivity contribution >= 4 is 17.7 Å². The molecule has 1 aromatic rings. The quantitative estimate of drug-likeness (QED) is 0.763. The zero-order valence-corrected chi connectivity index (χ0v) is 12.3. The van der Waals surface area contributed by atoms with Gasteiger partial charge in [-0.15, -0.1) is 0 Å². The van der Waals surface area contributed by atoms with Crippen LogP contribution in [-0.2, 0) is 11.3 Å². The Morgan fingerprint density at radius 3 is 2.89 bits per heavy atom. The summed E-state index contributed by atoms with van der Waals surface area (Å²) in [5, 5.41) is 2.85. The zero-order chi connectivity index (χ0) is 14.1. The molecule has 0 aliphatic heterocycles. The molecule has 0 aliphatic rings. The van der Waals surface area contributed by atoms with Crippen molar-refractivity contribution < 1.29 is 9.53 Å². The van der Waals surface area contributed by atoms with Gasteiger partial charge in [0, 0.05) is 12.1 Å². The van der Waals surface area contributed by atoms with Crippen molar-refractivity contribution in [2.45, 2.75) is 25.9 Å². The molecule has 0 radical (unpaired) electrons. The molecule has 5 heteroatoms. The molecule has 0 spiro atoms. The van der Waals surface area contributed by atoms with Crippen LogP contribution in [0.2, 0.25) is 0 Å². The Labute approximate surface area is 119 Å². The number of carbonyl (C=O) groups is 1. The van der Waals surface area contributed by atoms with E-state index in [-0.39, 0.29) is 5.91 Å². The van der Waals surface area contributed by atoms with Gasteiger partial charge in [-0.2, -0.15) is 11.8 Å². The molecule has 0 aromatic heterocycles. The van der Waals surface area contributed by atoms with Crippen LogP contribution in [-0.4, -0.2) is 30.6 Å². The van der Waals surface area contributed by atoms with Gasteiger partial charge in [-0.3, -0.25) is 4.79 Å². The summed E-state index contributed by atoms with van der Waals surface area (Å²) in [7, 11) is 0. The van der Waals surface area contributed by atoms with Crippen LogP contribution in [0.15, 0.2) is 24.3 Å². The van der Waals surface area contributed by atoms with Gasteiger partial charge >= 0.3 is 0 Å². The highest BCUT2D eigenvalue weighted by molar-refractivity contribution is 7.98. The molecule has 106 valence electrons. The average Bonchev–Trinajstić information content (AvgIpc) is 2.43. The lowest BCUT2D eigenvalue weighted by Crippen LogP contribution is -2.40. The molecule has 0 saturated carbocycles. The fourth-order valence-electron chi connectivity index (χ4n) is 1.64. The highest BCUT2D eigenvalue weighted by atomic mass is 32.2. The first kappa shape index (κ1) is 15.9. The first-order valence-corrected chi connectivity index (χ1v) is 7.81. The normalized spacial score (nSPS) is 11.9. The van der Waals surface area contributed by atoms with Crippen LogP contribution < -0.4 is 15.8 Å². The Morgan fingerprint density at radius 2 is 2.21 bits per heavy atom. The number of benzene rings is 1. The maximum absolute atomic E-state index is 11.8. The van der Waals surface area contributed by atoms with E-state index in [0.29, 0.717) is 19.6 Å².